The maximum atomic E-state index is 12.4. The number of likely N-dealkylation sites (tertiary alicyclic amines) is 1. The zero-order chi connectivity index (χ0) is 16.2. The summed E-state index contributed by atoms with van der Waals surface area (Å²) < 4.78 is 1.19. The smallest absolute Gasteiger partial charge is 0.328 e. The lowest BCUT2D eigenvalue weighted by molar-refractivity contribution is -0.132. The third-order valence-corrected chi connectivity index (χ3v) is 4.37. The summed E-state index contributed by atoms with van der Waals surface area (Å²) in [5, 5.41) is 0.495. The highest BCUT2D eigenvalue weighted by atomic mass is 16.2. The maximum absolute atomic E-state index is 12.4. The van der Waals surface area contributed by atoms with Crippen molar-refractivity contribution in [3.05, 3.63) is 45.1 Å². The van der Waals surface area contributed by atoms with Crippen LogP contribution in [0.1, 0.15) is 32.1 Å². The van der Waals surface area contributed by atoms with E-state index in [1.165, 1.54) is 11.0 Å². The fraction of sp³-hybridized carbons (Fsp3) is 0.471. The van der Waals surface area contributed by atoms with Crippen LogP contribution < -0.4 is 11.2 Å². The molecule has 2 aromatic rings. The van der Waals surface area contributed by atoms with E-state index in [1.807, 2.05) is 4.90 Å². The van der Waals surface area contributed by atoms with Crippen LogP contribution in [-0.4, -0.2) is 33.4 Å². The van der Waals surface area contributed by atoms with Crippen molar-refractivity contribution in [3.8, 4) is 0 Å². The van der Waals surface area contributed by atoms with E-state index in [-0.39, 0.29) is 18.0 Å². The molecule has 1 aliphatic rings. The summed E-state index contributed by atoms with van der Waals surface area (Å²) >= 11 is 0. The SMILES string of the molecule is O=C(CCCn1c(=O)[nH]c2ccccc2c1=O)N1CCCCC1. The summed E-state index contributed by atoms with van der Waals surface area (Å²) in [4.78, 5) is 41.1. The van der Waals surface area contributed by atoms with Gasteiger partial charge in [-0.1, -0.05) is 12.1 Å². The molecule has 1 aliphatic heterocycles. The summed E-state index contributed by atoms with van der Waals surface area (Å²) in [6, 6.07) is 6.96. The lowest BCUT2D eigenvalue weighted by atomic mass is 10.1. The molecule has 23 heavy (non-hydrogen) atoms. The maximum Gasteiger partial charge on any atom is 0.328 e. The van der Waals surface area contributed by atoms with Gasteiger partial charge in [-0.2, -0.15) is 0 Å². The highest BCUT2D eigenvalue weighted by Gasteiger charge is 2.16. The van der Waals surface area contributed by atoms with Crippen molar-refractivity contribution < 1.29 is 4.79 Å². The van der Waals surface area contributed by atoms with Gasteiger partial charge in [0.15, 0.2) is 0 Å². The summed E-state index contributed by atoms with van der Waals surface area (Å²) in [5.74, 6) is 0.120. The van der Waals surface area contributed by atoms with Crippen molar-refractivity contribution in [2.24, 2.45) is 0 Å². The Morgan fingerprint density at radius 2 is 1.83 bits per heavy atom. The van der Waals surface area contributed by atoms with E-state index in [2.05, 4.69) is 4.98 Å². The standard InChI is InChI=1S/C17H21N3O3/c21-15(19-10-4-1-5-11-19)9-6-12-20-16(22)13-7-2-3-8-14(13)18-17(20)23/h2-3,7-8H,1,4-6,9-12H2,(H,18,23). The second-order valence-electron chi connectivity index (χ2n) is 5.98. The lowest BCUT2D eigenvalue weighted by Crippen LogP contribution is -2.37. The molecule has 0 unspecified atom stereocenters. The Morgan fingerprint density at radius 1 is 1.09 bits per heavy atom. The van der Waals surface area contributed by atoms with Crippen LogP contribution in [0.3, 0.4) is 0 Å². The van der Waals surface area contributed by atoms with Gasteiger partial charge in [-0.25, -0.2) is 4.79 Å². The summed E-state index contributed by atoms with van der Waals surface area (Å²) in [6.45, 7) is 1.92. The largest absolute Gasteiger partial charge is 0.343 e. The second kappa shape index (κ2) is 6.81. The Kier molecular flexibility index (Phi) is 4.60. The van der Waals surface area contributed by atoms with Crippen LogP contribution in [0.25, 0.3) is 10.9 Å². The van der Waals surface area contributed by atoms with Gasteiger partial charge < -0.3 is 9.88 Å². The number of aromatic nitrogens is 2. The number of carbonyl (C=O) groups is 1. The lowest BCUT2D eigenvalue weighted by Gasteiger charge is -2.26. The normalized spacial score (nSPS) is 15.0. The Balaban J connectivity index is 1.68. The number of carbonyl (C=O) groups excluding carboxylic acids is 1. The molecule has 0 spiro atoms. The molecule has 0 bridgehead atoms. The highest BCUT2D eigenvalue weighted by Crippen LogP contribution is 2.11. The van der Waals surface area contributed by atoms with Gasteiger partial charge in [-0.15, -0.1) is 0 Å². The molecule has 0 radical (unpaired) electrons. The number of nitrogens with one attached hydrogen (secondary N) is 1. The van der Waals surface area contributed by atoms with Crippen molar-refractivity contribution in [2.45, 2.75) is 38.6 Å². The zero-order valence-corrected chi connectivity index (χ0v) is 13.1. The number of piperidine rings is 1. The van der Waals surface area contributed by atoms with E-state index in [0.717, 1.165) is 25.9 Å². The minimum Gasteiger partial charge on any atom is -0.343 e. The second-order valence-corrected chi connectivity index (χ2v) is 5.98. The number of benzene rings is 1. The Bertz CT molecular complexity index is 816. The third-order valence-electron chi connectivity index (χ3n) is 4.37. The first-order valence-corrected chi connectivity index (χ1v) is 8.16. The number of H-pyrrole nitrogens is 1. The molecule has 6 heteroatoms. The van der Waals surface area contributed by atoms with Crippen LogP contribution in [0.4, 0.5) is 0 Å². The molecule has 2 heterocycles. The van der Waals surface area contributed by atoms with Gasteiger partial charge in [0, 0.05) is 26.1 Å². The number of amides is 1. The van der Waals surface area contributed by atoms with E-state index in [9.17, 15) is 14.4 Å². The number of aromatic amines is 1. The number of rotatable bonds is 4. The minimum atomic E-state index is -0.417. The highest BCUT2D eigenvalue weighted by molar-refractivity contribution is 5.77. The molecule has 1 saturated heterocycles. The molecule has 1 aromatic heterocycles. The predicted octanol–water partition coefficient (Wildman–Crippen LogP) is 1.48. The molecule has 0 aliphatic carbocycles. The molecule has 1 fully saturated rings. The van der Waals surface area contributed by atoms with Crippen LogP contribution in [0, 0.1) is 0 Å². The van der Waals surface area contributed by atoms with Gasteiger partial charge in [0.2, 0.25) is 5.91 Å². The van der Waals surface area contributed by atoms with Crippen molar-refractivity contribution >= 4 is 16.8 Å². The number of fused-ring (bicyclic) bond motifs is 1. The minimum absolute atomic E-state index is 0.120. The van der Waals surface area contributed by atoms with Crippen molar-refractivity contribution in [3.63, 3.8) is 0 Å². The first-order chi connectivity index (χ1) is 11.2. The molecular weight excluding hydrogens is 294 g/mol. The van der Waals surface area contributed by atoms with E-state index in [1.54, 1.807) is 24.3 Å². The van der Waals surface area contributed by atoms with Crippen molar-refractivity contribution in [1.82, 2.24) is 14.5 Å². The Labute approximate surface area is 133 Å². The number of nitrogens with zero attached hydrogens (tertiary/aromatic N) is 2. The quantitative estimate of drug-likeness (QED) is 0.928. The van der Waals surface area contributed by atoms with Gasteiger partial charge in [0.25, 0.3) is 5.56 Å². The molecule has 1 amide bonds. The summed E-state index contributed by atoms with van der Waals surface area (Å²) in [6.07, 6.45) is 4.19. The van der Waals surface area contributed by atoms with Crippen molar-refractivity contribution in [2.75, 3.05) is 13.1 Å². The number of hydrogen-bond acceptors (Lipinski definition) is 3. The van der Waals surface area contributed by atoms with Gasteiger partial charge in [0.1, 0.15) is 0 Å². The predicted molar refractivity (Wildman–Crippen MR) is 88.5 cm³/mol. The molecule has 122 valence electrons. The topological polar surface area (TPSA) is 75.2 Å². The molecule has 0 saturated carbocycles. The molecule has 3 rings (SSSR count). The average Bonchev–Trinajstić information content (AvgIpc) is 2.58. The first kappa shape index (κ1) is 15.5. The van der Waals surface area contributed by atoms with Crippen LogP contribution in [0.15, 0.2) is 33.9 Å². The molecule has 1 N–H and O–H groups in total. The molecule has 0 atom stereocenters. The number of hydrogen-bond donors (Lipinski definition) is 1. The van der Waals surface area contributed by atoms with Gasteiger partial charge in [-0.3, -0.25) is 14.2 Å². The van der Waals surface area contributed by atoms with Gasteiger partial charge in [-0.05, 0) is 37.8 Å². The van der Waals surface area contributed by atoms with E-state index >= 15 is 0 Å². The van der Waals surface area contributed by atoms with Crippen LogP contribution in [-0.2, 0) is 11.3 Å². The Morgan fingerprint density at radius 3 is 2.61 bits per heavy atom. The van der Waals surface area contributed by atoms with E-state index in [4.69, 9.17) is 0 Å². The van der Waals surface area contributed by atoms with Crippen LogP contribution >= 0.6 is 0 Å². The Hall–Kier alpha value is -2.37. The molecular formula is C17H21N3O3. The zero-order valence-electron chi connectivity index (χ0n) is 13.1. The van der Waals surface area contributed by atoms with E-state index < -0.39 is 5.69 Å². The van der Waals surface area contributed by atoms with E-state index in [0.29, 0.717) is 23.7 Å². The average molecular weight is 315 g/mol. The summed E-state index contributed by atoms with van der Waals surface area (Å²) in [7, 11) is 0. The van der Waals surface area contributed by atoms with Crippen LogP contribution in [0.5, 0.6) is 0 Å². The third kappa shape index (κ3) is 3.36. The van der Waals surface area contributed by atoms with Crippen LogP contribution in [0.2, 0.25) is 0 Å². The number of para-hydroxylation sites is 1. The fourth-order valence-corrected chi connectivity index (χ4v) is 3.09. The monoisotopic (exact) mass is 315 g/mol. The van der Waals surface area contributed by atoms with Gasteiger partial charge in [0.05, 0.1) is 10.9 Å². The first-order valence-electron chi connectivity index (χ1n) is 8.16. The summed E-state index contributed by atoms with van der Waals surface area (Å²) in [5.41, 5.74) is -0.169. The van der Waals surface area contributed by atoms with Gasteiger partial charge >= 0.3 is 5.69 Å². The molecule has 6 nitrogen and oxygen atoms in total. The van der Waals surface area contributed by atoms with Crippen molar-refractivity contribution in [1.29, 1.82) is 0 Å². The molecule has 1 aromatic carbocycles. The fourth-order valence-electron chi connectivity index (χ4n) is 3.09.